The molecule has 0 bridgehead atoms. The monoisotopic (exact) mass is 238 g/mol. The Balaban J connectivity index is 1.58. The minimum Gasteiger partial charge on any atom is -0.362 e. The summed E-state index contributed by atoms with van der Waals surface area (Å²) in [6.45, 7) is 2.37. The lowest BCUT2D eigenvalue weighted by atomic mass is 10.1. The van der Waals surface area contributed by atoms with E-state index in [1.165, 1.54) is 49.4 Å². The Morgan fingerprint density at radius 1 is 1.25 bits per heavy atom. The maximum atomic E-state index is 4.90. The van der Waals surface area contributed by atoms with Gasteiger partial charge in [0.1, 0.15) is 0 Å². The van der Waals surface area contributed by atoms with Crippen molar-refractivity contribution in [3.05, 3.63) is 0 Å². The number of hydrogen-bond acceptors (Lipinski definition) is 3. The number of nitrogens with one attached hydrogen (secondary N) is 1. The third-order valence-electron chi connectivity index (χ3n) is 4.36. The van der Waals surface area contributed by atoms with Crippen LogP contribution >= 0.6 is 11.8 Å². The summed E-state index contributed by atoms with van der Waals surface area (Å²) in [5, 5.41) is 4.93. The maximum absolute atomic E-state index is 4.90. The van der Waals surface area contributed by atoms with Gasteiger partial charge in [-0.25, -0.2) is 0 Å². The molecule has 2 nitrogen and oxygen atoms in total. The van der Waals surface area contributed by atoms with E-state index in [0.29, 0.717) is 12.1 Å². The van der Waals surface area contributed by atoms with E-state index >= 15 is 0 Å². The molecule has 4 unspecified atom stereocenters. The molecule has 2 aliphatic carbocycles. The molecule has 0 radical (unpaired) electrons. The van der Waals surface area contributed by atoms with E-state index in [2.05, 4.69) is 12.2 Å². The lowest BCUT2D eigenvalue weighted by Crippen LogP contribution is -2.35. The van der Waals surface area contributed by atoms with Crippen molar-refractivity contribution >= 4 is 16.9 Å². The first-order valence-corrected chi connectivity index (χ1v) is 7.77. The van der Waals surface area contributed by atoms with Crippen LogP contribution in [0.2, 0.25) is 0 Å². The van der Waals surface area contributed by atoms with Gasteiger partial charge < -0.3 is 5.32 Å². The number of fused-ring (bicyclic) bond motifs is 1. The highest BCUT2D eigenvalue weighted by molar-refractivity contribution is 8.13. The second-order valence-electron chi connectivity index (χ2n) is 5.76. The van der Waals surface area contributed by atoms with Crippen molar-refractivity contribution in [2.45, 2.75) is 57.5 Å². The highest BCUT2D eigenvalue weighted by Crippen LogP contribution is 2.35. The molecule has 0 aromatic rings. The number of rotatable bonds is 1. The second-order valence-corrected chi connectivity index (χ2v) is 6.77. The SMILES string of the molecule is CC1CCC(NC2=NC3CCCC3CS2)C1. The molecule has 3 rings (SSSR count). The molecule has 0 aromatic carbocycles. The third kappa shape index (κ3) is 2.24. The van der Waals surface area contributed by atoms with Gasteiger partial charge in [0.05, 0.1) is 6.04 Å². The van der Waals surface area contributed by atoms with Crippen LogP contribution in [-0.4, -0.2) is 23.0 Å². The fourth-order valence-corrected chi connectivity index (χ4v) is 4.57. The molecule has 3 aliphatic rings. The van der Waals surface area contributed by atoms with Gasteiger partial charge in [-0.05, 0) is 43.9 Å². The highest BCUT2D eigenvalue weighted by Gasteiger charge is 2.32. The minimum atomic E-state index is 0.655. The fourth-order valence-electron chi connectivity index (χ4n) is 3.35. The van der Waals surface area contributed by atoms with Crippen molar-refractivity contribution in [3.8, 4) is 0 Å². The Morgan fingerprint density at radius 3 is 3.00 bits per heavy atom. The van der Waals surface area contributed by atoms with Crippen LogP contribution in [0, 0.1) is 11.8 Å². The average Bonchev–Trinajstić information content (AvgIpc) is 2.87. The zero-order chi connectivity index (χ0) is 11.0. The minimum absolute atomic E-state index is 0.655. The molecule has 1 aliphatic heterocycles. The Labute approximate surface area is 103 Å². The normalized spacial score (nSPS) is 42.9. The summed E-state index contributed by atoms with van der Waals surface area (Å²) in [5.74, 6) is 3.10. The maximum Gasteiger partial charge on any atom is 0.157 e. The summed E-state index contributed by atoms with van der Waals surface area (Å²) in [5.41, 5.74) is 0. The van der Waals surface area contributed by atoms with Crippen LogP contribution in [0.5, 0.6) is 0 Å². The molecule has 4 atom stereocenters. The summed E-state index contributed by atoms with van der Waals surface area (Å²) in [6.07, 6.45) is 8.21. The summed E-state index contributed by atoms with van der Waals surface area (Å²) in [7, 11) is 0. The van der Waals surface area contributed by atoms with Gasteiger partial charge in [-0.1, -0.05) is 25.1 Å². The van der Waals surface area contributed by atoms with Crippen LogP contribution in [-0.2, 0) is 0 Å². The van der Waals surface area contributed by atoms with E-state index in [1.54, 1.807) is 0 Å². The number of thioether (sulfide) groups is 1. The molecular weight excluding hydrogens is 216 g/mol. The molecule has 90 valence electrons. The molecule has 16 heavy (non-hydrogen) atoms. The van der Waals surface area contributed by atoms with Gasteiger partial charge in [-0.2, -0.15) is 0 Å². The van der Waals surface area contributed by atoms with E-state index in [0.717, 1.165) is 11.8 Å². The van der Waals surface area contributed by atoms with Crippen molar-refractivity contribution < 1.29 is 0 Å². The molecular formula is C13H22N2S. The van der Waals surface area contributed by atoms with Crippen LogP contribution < -0.4 is 5.32 Å². The number of amidine groups is 1. The Bertz CT molecular complexity index is 290. The van der Waals surface area contributed by atoms with E-state index in [9.17, 15) is 0 Å². The molecule has 1 N–H and O–H groups in total. The number of nitrogens with zero attached hydrogens (tertiary/aromatic N) is 1. The largest absolute Gasteiger partial charge is 0.362 e. The van der Waals surface area contributed by atoms with E-state index in [1.807, 2.05) is 11.8 Å². The van der Waals surface area contributed by atoms with E-state index in [-0.39, 0.29) is 0 Å². The molecule has 0 aromatic heterocycles. The Kier molecular flexibility index (Phi) is 3.14. The molecule has 0 spiro atoms. The lowest BCUT2D eigenvalue weighted by molar-refractivity contribution is 0.526. The van der Waals surface area contributed by atoms with Crippen molar-refractivity contribution in [1.82, 2.24) is 5.32 Å². The molecule has 0 saturated heterocycles. The molecule has 3 heteroatoms. The topological polar surface area (TPSA) is 24.4 Å². The number of aliphatic imine (C=N–C) groups is 1. The third-order valence-corrected chi connectivity index (χ3v) is 5.45. The van der Waals surface area contributed by atoms with Crippen LogP contribution in [0.15, 0.2) is 4.99 Å². The second kappa shape index (κ2) is 4.59. The van der Waals surface area contributed by atoms with Gasteiger partial charge in [0.25, 0.3) is 0 Å². The molecule has 1 heterocycles. The quantitative estimate of drug-likeness (QED) is 0.759. The van der Waals surface area contributed by atoms with E-state index in [4.69, 9.17) is 4.99 Å². The predicted molar refractivity (Wildman–Crippen MR) is 71.0 cm³/mol. The summed E-state index contributed by atoms with van der Waals surface area (Å²) in [6, 6.07) is 1.36. The molecule has 2 fully saturated rings. The van der Waals surface area contributed by atoms with Crippen molar-refractivity contribution in [1.29, 1.82) is 0 Å². The van der Waals surface area contributed by atoms with Crippen LogP contribution in [0.3, 0.4) is 0 Å². The summed E-state index contributed by atoms with van der Waals surface area (Å²) >= 11 is 1.97. The molecule has 0 amide bonds. The number of hydrogen-bond donors (Lipinski definition) is 1. The Hall–Kier alpha value is -0.180. The van der Waals surface area contributed by atoms with E-state index < -0.39 is 0 Å². The van der Waals surface area contributed by atoms with Crippen molar-refractivity contribution in [2.75, 3.05) is 5.75 Å². The zero-order valence-electron chi connectivity index (χ0n) is 10.1. The summed E-state index contributed by atoms with van der Waals surface area (Å²) in [4.78, 5) is 4.90. The fraction of sp³-hybridized carbons (Fsp3) is 0.923. The van der Waals surface area contributed by atoms with Gasteiger partial charge in [0.15, 0.2) is 5.17 Å². The standard InChI is InChI=1S/C13H22N2S/c1-9-5-6-11(7-9)14-13-15-12-4-2-3-10(12)8-16-13/h9-12H,2-8H2,1H3,(H,14,15). The zero-order valence-corrected chi connectivity index (χ0v) is 10.9. The average molecular weight is 238 g/mol. The van der Waals surface area contributed by atoms with Crippen molar-refractivity contribution in [3.63, 3.8) is 0 Å². The van der Waals surface area contributed by atoms with Gasteiger partial charge in [-0.3, -0.25) is 4.99 Å². The predicted octanol–water partition coefficient (Wildman–Crippen LogP) is 3.04. The lowest BCUT2D eigenvalue weighted by Gasteiger charge is -2.25. The van der Waals surface area contributed by atoms with Gasteiger partial charge >= 0.3 is 0 Å². The van der Waals surface area contributed by atoms with Crippen molar-refractivity contribution in [2.24, 2.45) is 16.8 Å². The first-order chi connectivity index (χ1) is 7.81. The van der Waals surface area contributed by atoms with Gasteiger partial charge in [-0.15, -0.1) is 0 Å². The Morgan fingerprint density at radius 2 is 2.19 bits per heavy atom. The van der Waals surface area contributed by atoms with Gasteiger partial charge in [0, 0.05) is 11.8 Å². The first-order valence-electron chi connectivity index (χ1n) is 6.78. The van der Waals surface area contributed by atoms with Gasteiger partial charge in [0.2, 0.25) is 0 Å². The molecule has 2 saturated carbocycles. The first kappa shape index (κ1) is 10.9. The highest BCUT2D eigenvalue weighted by atomic mass is 32.2. The smallest absolute Gasteiger partial charge is 0.157 e. The van der Waals surface area contributed by atoms with Crippen LogP contribution in [0.4, 0.5) is 0 Å². The van der Waals surface area contributed by atoms with Crippen LogP contribution in [0.1, 0.15) is 45.4 Å². The van der Waals surface area contributed by atoms with Crippen LogP contribution in [0.25, 0.3) is 0 Å². The summed E-state index contributed by atoms with van der Waals surface area (Å²) < 4.78 is 0.